The Morgan fingerprint density at radius 1 is 1.44 bits per heavy atom. The van der Waals surface area contributed by atoms with Crippen LogP contribution >= 0.6 is 0 Å². The minimum Gasteiger partial charge on any atom is -0.479 e. The smallest absolute Gasteiger partial charge is 0.340 e. The van der Waals surface area contributed by atoms with E-state index < -0.39 is 11.6 Å². The minimum atomic E-state index is -1.30. The molecule has 0 saturated carbocycles. The Kier molecular flexibility index (Phi) is 4.68. The van der Waals surface area contributed by atoms with Crippen LogP contribution in [0, 0.1) is 13.8 Å². The van der Waals surface area contributed by atoms with E-state index in [0.29, 0.717) is 18.6 Å². The second-order valence-corrected chi connectivity index (χ2v) is 4.56. The van der Waals surface area contributed by atoms with Crippen LogP contribution in [0.1, 0.15) is 30.0 Å². The third kappa shape index (κ3) is 2.99. The Morgan fingerprint density at radius 3 is 2.61 bits per heavy atom. The van der Waals surface area contributed by atoms with Gasteiger partial charge in [-0.25, -0.2) is 4.79 Å². The van der Waals surface area contributed by atoms with Crippen LogP contribution in [0.3, 0.4) is 0 Å². The van der Waals surface area contributed by atoms with Gasteiger partial charge in [-0.05, 0) is 43.9 Å². The fourth-order valence-corrected chi connectivity index (χ4v) is 1.65. The lowest BCUT2D eigenvalue weighted by molar-refractivity contribution is -0.165. The zero-order valence-corrected chi connectivity index (χ0v) is 11.2. The van der Waals surface area contributed by atoms with E-state index in [0.717, 1.165) is 11.1 Å². The Hall–Kier alpha value is -1.61. The van der Waals surface area contributed by atoms with Crippen molar-refractivity contribution in [1.29, 1.82) is 0 Å². The molecule has 0 heterocycles. The first-order valence-electron chi connectivity index (χ1n) is 5.98. The van der Waals surface area contributed by atoms with Gasteiger partial charge in [-0.3, -0.25) is 0 Å². The summed E-state index contributed by atoms with van der Waals surface area (Å²) in [6.07, 6.45) is 2.34. The molecular weight excluding hydrogens is 228 g/mol. The van der Waals surface area contributed by atoms with Crippen molar-refractivity contribution < 1.29 is 14.6 Å². The number of hydrogen-bond acceptors (Lipinski definition) is 2. The van der Waals surface area contributed by atoms with Crippen molar-refractivity contribution in [3.63, 3.8) is 0 Å². The summed E-state index contributed by atoms with van der Waals surface area (Å²) in [5.74, 6) is -0.977. The molecule has 1 N–H and O–H groups in total. The normalized spacial score (nSPS) is 13.9. The van der Waals surface area contributed by atoms with Crippen molar-refractivity contribution in [2.24, 2.45) is 0 Å². The van der Waals surface area contributed by atoms with Crippen LogP contribution in [0.15, 0.2) is 30.9 Å². The molecule has 18 heavy (non-hydrogen) atoms. The van der Waals surface area contributed by atoms with E-state index in [-0.39, 0.29) is 0 Å². The molecule has 0 bridgehead atoms. The molecule has 0 saturated heterocycles. The molecule has 0 aromatic heterocycles. The zero-order chi connectivity index (χ0) is 13.8. The minimum absolute atomic E-state index is 0.346. The quantitative estimate of drug-likeness (QED) is 0.621. The van der Waals surface area contributed by atoms with Crippen molar-refractivity contribution in [2.75, 3.05) is 6.61 Å². The fourth-order valence-electron chi connectivity index (χ4n) is 1.65. The summed E-state index contributed by atoms with van der Waals surface area (Å²) in [4.78, 5) is 11.5. The molecule has 0 aliphatic carbocycles. The maximum absolute atomic E-state index is 11.5. The average Bonchev–Trinajstić information content (AvgIpc) is 2.32. The predicted octanol–water partition coefficient (Wildman–Crippen LogP) is 3.20. The molecule has 3 heteroatoms. The van der Waals surface area contributed by atoms with E-state index in [4.69, 9.17) is 4.74 Å². The van der Waals surface area contributed by atoms with Crippen LogP contribution < -0.4 is 0 Å². The van der Waals surface area contributed by atoms with Gasteiger partial charge < -0.3 is 9.84 Å². The van der Waals surface area contributed by atoms with Crippen LogP contribution in [-0.4, -0.2) is 17.7 Å². The van der Waals surface area contributed by atoms with Crippen molar-refractivity contribution in [3.05, 3.63) is 47.5 Å². The van der Waals surface area contributed by atoms with E-state index in [1.54, 1.807) is 13.0 Å². The molecule has 1 aromatic carbocycles. The zero-order valence-electron chi connectivity index (χ0n) is 11.2. The largest absolute Gasteiger partial charge is 0.479 e. The highest BCUT2D eigenvalue weighted by Gasteiger charge is 2.36. The van der Waals surface area contributed by atoms with Gasteiger partial charge in [0.15, 0.2) is 5.60 Å². The summed E-state index contributed by atoms with van der Waals surface area (Å²) >= 11 is 0. The molecular formula is C15H20O3. The van der Waals surface area contributed by atoms with Crippen molar-refractivity contribution in [3.8, 4) is 0 Å². The van der Waals surface area contributed by atoms with Gasteiger partial charge in [0.05, 0.1) is 6.61 Å². The van der Waals surface area contributed by atoms with Crippen LogP contribution in [0.25, 0.3) is 0 Å². The summed E-state index contributed by atoms with van der Waals surface area (Å²) in [6, 6.07) is 5.60. The Labute approximate surface area is 108 Å². The van der Waals surface area contributed by atoms with Gasteiger partial charge in [-0.2, -0.15) is 0 Å². The van der Waals surface area contributed by atoms with Crippen LogP contribution in [0.2, 0.25) is 0 Å². The summed E-state index contributed by atoms with van der Waals surface area (Å²) in [5, 5.41) is 9.39. The topological polar surface area (TPSA) is 46.5 Å². The van der Waals surface area contributed by atoms with E-state index in [1.807, 2.05) is 32.0 Å². The lowest BCUT2D eigenvalue weighted by Crippen LogP contribution is -2.36. The third-order valence-corrected chi connectivity index (χ3v) is 3.18. The van der Waals surface area contributed by atoms with E-state index >= 15 is 0 Å². The fraction of sp³-hybridized carbons (Fsp3) is 0.400. The number of carbonyl (C=O) groups is 1. The second-order valence-electron chi connectivity index (χ2n) is 4.56. The van der Waals surface area contributed by atoms with E-state index in [9.17, 15) is 9.90 Å². The predicted molar refractivity (Wildman–Crippen MR) is 71.7 cm³/mol. The summed E-state index contributed by atoms with van der Waals surface area (Å²) in [7, 11) is 0. The molecule has 0 aliphatic rings. The first-order valence-corrected chi connectivity index (χ1v) is 5.98. The standard InChI is InChI=1S/C15H20O3/c1-5-6-9-18-15(4,14(16)17)13-8-7-11(2)12(3)10-13/h5,7-8,10H,1,6,9H2,2-4H3,(H,16,17). The highest BCUT2D eigenvalue weighted by atomic mass is 16.5. The number of rotatable bonds is 6. The highest BCUT2D eigenvalue weighted by molar-refractivity contribution is 5.79. The van der Waals surface area contributed by atoms with Crippen LogP contribution in [0.5, 0.6) is 0 Å². The third-order valence-electron chi connectivity index (χ3n) is 3.18. The van der Waals surface area contributed by atoms with E-state index in [2.05, 4.69) is 6.58 Å². The Balaban J connectivity index is 3.06. The SMILES string of the molecule is C=CCCOC(C)(C(=O)O)c1ccc(C)c(C)c1. The number of benzene rings is 1. The maximum atomic E-state index is 11.5. The van der Waals surface area contributed by atoms with Crippen LogP contribution in [-0.2, 0) is 15.1 Å². The molecule has 0 fully saturated rings. The Morgan fingerprint density at radius 2 is 2.11 bits per heavy atom. The molecule has 1 rings (SSSR count). The lowest BCUT2D eigenvalue weighted by atomic mass is 9.93. The van der Waals surface area contributed by atoms with Gasteiger partial charge in [0.2, 0.25) is 0 Å². The molecule has 98 valence electrons. The van der Waals surface area contributed by atoms with Gasteiger partial charge in [0, 0.05) is 0 Å². The lowest BCUT2D eigenvalue weighted by Gasteiger charge is -2.26. The van der Waals surface area contributed by atoms with Crippen LogP contribution in [0.4, 0.5) is 0 Å². The number of aliphatic carboxylic acids is 1. The molecule has 0 radical (unpaired) electrons. The molecule has 3 nitrogen and oxygen atoms in total. The number of carboxylic acids is 1. The summed E-state index contributed by atoms with van der Waals surface area (Å²) < 4.78 is 5.54. The monoisotopic (exact) mass is 248 g/mol. The number of ether oxygens (including phenoxy) is 1. The average molecular weight is 248 g/mol. The highest BCUT2D eigenvalue weighted by Crippen LogP contribution is 2.27. The number of hydrogen-bond donors (Lipinski definition) is 1. The molecule has 1 aromatic rings. The van der Waals surface area contributed by atoms with Crippen molar-refractivity contribution in [1.82, 2.24) is 0 Å². The Bertz CT molecular complexity index is 451. The first-order chi connectivity index (χ1) is 8.41. The van der Waals surface area contributed by atoms with Crippen molar-refractivity contribution in [2.45, 2.75) is 32.8 Å². The molecule has 0 aliphatic heterocycles. The summed E-state index contributed by atoms with van der Waals surface area (Å²) in [5.41, 5.74) is 1.56. The molecule has 1 unspecified atom stereocenters. The van der Waals surface area contributed by atoms with Gasteiger partial charge in [-0.1, -0.05) is 24.3 Å². The summed E-state index contributed by atoms with van der Waals surface area (Å²) in [6.45, 7) is 9.49. The molecule has 1 atom stereocenters. The maximum Gasteiger partial charge on any atom is 0.340 e. The molecule has 0 spiro atoms. The van der Waals surface area contributed by atoms with Crippen molar-refractivity contribution >= 4 is 5.97 Å². The van der Waals surface area contributed by atoms with E-state index in [1.165, 1.54) is 0 Å². The van der Waals surface area contributed by atoms with Gasteiger partial charge in [-0.15, -0.1) is 6.58 Å². The molecule has 0 amide bonds. The number of carboxylic acid groups (broad SMARTS) is 1. The van der Waals surface area contributed by atoms with Gasteiger partial charge in [0.25, 0.3) is 0 Å². The van der Waals surface area contributed by atoms with Gasteiger partial charge in [0.1, 0.15) is 0 Å². The first kappa shape index (κ1) is 14.5. The van der Waals surface area contributed by atoms with Gasteiger partial charge >= 0.3 is 5.97 Å². The number of aryl methyl sites for hydroxylation is 2. The second kappa shape index (κ2) is 5.83.